The molecule has 0 fully saturated rings. The van der Waals surface area contributed by atoms with Crippen molar-refractivity contribution in [1.29, 1.82) is 0 Å². The molecule has 96 valence electrons. The molecule has 0 aliphatic heterocycles. The number of nitrogens with one attached hydrogen (secondary N) is 1. The highest BCUT2D eigenvalue weighted by Gasteiger charge is 2.12. The predicted octanol–water partition coefficient (Wildman–Crippen LogP) is 2.28. The largest absolute Gasteiger partial charge is 0.316 e. The summed E-state index contributed by atoms with van der Waals surface area (Å²) in [6.07, 6.45) is 0. The fourth-order valence-electron chi connectivity index (χ4n) is 2.14. The smallest absolute Gasteiger partial charge is 0.129 e. The van der Waals surface area contributed by atoms with E-state index >= 15 is 0 Å². The maximum atomic E-state index is 13.9. The van der Waals surface area contributed by atoms with Crippen molar-refractivity contribution >= 4 is 11.0 Å². The van der Waals surface area contributed by atoms with Crippen LogP contribution in [0.1, 0.15) is 5.56 Å². The topological polar surface area (TPSA) is 42.7 Å². The van der Waals surface area contributed by atoms with Crippen LogP contribution in [0.15, 0.2) is 42.5 Å². The van der Waals surface area contributed by atoms with Crippen molar-refractivity contribution in [3.8, 4) is 5.69 Å². The molecule has 0 bridgehead atoms. The SMILES string of the molecule is CNCc1c(F)cccc1-n1nnc2ccccc21. The summed E-state index contributed by atoms with van der Waals surface area (Å²) in [7, 11) is 1.79. The molecule has 3 aromatic rings. The van der Waals surface area contributed by atoms with Gasteiger partial charge in [0, 0.05) is 12.1 Å². The van der Waals surface area contributed by atoms with E-state index in [4.69, 9.17) is 0 Å². The van der Waals surface area contributed by atoms with E-state index in [1.54, 1.807) is 17.8 Å². The Balaban J connectivity index is 2.24. The lowest BCUT2D eigenvalue weighted by Crippen LogP contribution is -2.11. The number of hydrogen-bond acceptors (Lipinski definition) is 3. The molecule has 1 aromatic heterocycles. The maximum absolute atomic E-state index is 13.9. The first-order valence-corrected chi connectivity index (χ1v) is 6.04. The van der Waals surface area contributed by atoms with Gasteiger partial charge in [-0.25, -0.2) is 9.07 Å². The summed E-state index contributed by atoms with van der Waals surface area (Å²) in [5.74, 6) is -0.244. The van der Waals surface area contributed by atoms with Crippen LogP contribution in [0.25, 0.3) is 16.7 Å². The van der Waals surface area contributed by atoms with Crippen LogP contribution in [-0.2, 0) is 6.54 Å². The van der Waals surface area contributed by atoms with E-state index in [9.17, 15) is 4.39 Å². The maximum Gasteiger partial charge on any atom is 0.129 e. The zero-order valence-electron chi connectivity index (χ0n) is 10.5. The summed E-state index contributed by atoms with van der Waals surface area (Å²) in [6.45, 7) is 0.441. The molecule has 0 atom stereocenters. The van der Waals surface area contributed by atoms with Gasteiger partial charge >= 0.3 is 0 Å². The van der Waals surface area contributed by atoms with Crippen LogP contribution in [0, 0.1) is 5.82 Å². The molecule has 0 unspecified atom stereocenters. The summed E-state index contributed by atoms with van der Waals surface area (Å²) in [4.78, 5) is 0. The number of para-hydroxylation sites is 1. The lowest BCUT2D eigenvalue weighted by atomic mass is 10.1. The van der Waals surface area contributed by atoms with Gasteiger partial charge in [-0.2, -0.15) is 0 Å². The van der Waals surface area contributed by atoms with Gasteiger partial charge in [-0.15, -0.1) is 5.10 Å². The normalized spacial score (nSPS) is 11.1. The predicted molar refractivity (Wildman–Crippen MR) is 71.6 cm³/mol. The molecule has 1 N–H and O–H groups in total. The van der Waals surface area contributed by atoms with Gasteiger partial charge in [0.25, 0.3) is 0 Å². The molecular weight excluding hydrogens is 243 g/mol. The fourth-order valence-corrected chi connectivity index (χ4v) is 2.14. The van der Waals surface area contributed by atoms with Crippen LogP contribution in [0.4, 0.5) is 4.39 Å². The standard InChI is InChI=1S/C14H13FN4/c1-16-9-10-11(15)5-4-8-13(10)19-14-7-3-2-6-12(14)17-18-19/h2-8,16H,9H2,1H3. The highest BCUT2D eigenvalue weighted by Crippen LogP contribution is 2.21. The van der Waals surface area contributed by atoms with Gasteiger partial charge in [-0.1, -0.05) is 23.4 Å². The summed E-state index contributed by atoms with van der Waals surface area (Å²) < 4.78 is 15.6. The van der Waals surface area contributed by atoms with Crippen molar-refractivity contribution in [2.45, 2.75) is 6.54 Å². The molecule has 0 spiro atoms. The van der Waals surface area contributed by atoms with Crippen molar-refractivity contribution in [3.05, 3.63) is 53.8 Å². The van der Waals surface area contributed by atoms with Crippen molar-refractivity contribution in [2.75, 3.05) is 7.05 Å². The number of benzene rings is 2. The Bertz CT molecular complexity index is 720. The van der Waals surface area contributed by atoms with E-state index in [1.165, 1.54) is 6.07 Å². The third-order valence-corrected chi connectivity index (χ3v) is 3.03. The second-order valence-corrected chi connectivity index (χ2v) is 4.26. The molecule has 0 aliphatic carbocycles. The zero-order valence-corrected chi connectivity index (χ0v) is 10.5. The molecular formula is C14H13FN4. The first-order valence-electron chi connectivity index (χ1n) is 6.04. The average Bonchev–Trinajstić information content (AvgIpc) is 2.85. The number of nitrogens with zero attached hydrogens (tertiary/aromatic N) is 3. The number of halogens is 1. The Morgan fingerprint density at radius 1 is 1.16 bits per heavy atom. The van der Waals surface area contributed by atoms with Gasteiger partial charge in [0.1, 0.15) is 11.3 Å². The van der Waals surface area contributed by atoms with Crippen LogP contribution >= 0.6 is 0 Å². The third-order valence-electron chi connectivity index (χ3n) is 3.03. The first kappa shape index (κ1) is 11.8. The van der Waals surface area contributed by atoms with E-state index < -0.39 is 0 Å². The van der Waals surface area contributed by atoms with Crippen LogP contribution < -0.4 is 5.32 Å². The summed E-state index contributed by atoms with van der Waals surface area (Å²) in [5.41, 5.74) is 2.95. The Kier molecular flexibility index (Phi) is 2.97. The highest BCUT2D eigenvalue weighted by molar-refractivity contribution is 5.76. The number of fused-ring (bicyclic) bond motifs is 1. The van der Waals surface area contributed by atoms with E-state index in [2.05, 4.69) is 15.6 Å². The van der Waals surface area contributed by atoms with Gasteiger partial charge in [0.05, 0.1) is 11.2 Å². The second-order valence-electron chi connectivity index (χ2n) is 4.26. The fraction of sp³-hybridized carbons (Fsp3) is 0.143. The second kappa shape index (κ2) is 4.78. The van der Waals surface area contributed by atoms with Gasteiger partial charge < -0.3 is 5.32 Å². The van der Waals surface area contributed by atoms with Crippen LogP contribution in [0.3, 0.4) is 0 Å². The molecule has 0 aliphatic rings. The lowest BCUT2D eigenvalue weighted by Gasteiger charge is -2.10. The van der Waals surface area contributed by atoms with Gasteiger partial charge in [0.15, 0.2) is 0 Å². The van der Waals surface area contributed by atoms with Crippen molar-refractivity contribution < 1.29 is 4.39 Å². The van der Waals surface area contributed by atoms with E-state index in [0.717, 1.165) is 11.0 Å². The lowest BCUT2D eigenvalue weighted by molar-refractivity contribution is 0.596. The summed E-state index contributed by atoms with van der Waals surface area (Å²) >= 11 is 0. The van der Waals surface area contributed by atoms with Crippen LogP contribution in [0.5, 0.6) is 0 Å². The quantitative estimate of drug-likeness (QED) is 0.781. The first-order chi connectivity index (χ1) is 9.31. The molecule has 19 heavy (non-hydrogen) atoms. The molecule has 5 heteroatoms. The minimum Gasteiger partial charge on any atom is -0.316 e. The molecule has 0 saturated carbocycles. The minimum atomic E-state index is -0.244. The molecule has 0 saturated heterocycles. The number of aromatic nitrogens is 3. The highest BCUT2D eigenvalue weighted by atomic mass is 19.1. The Morgan fingerprint density at radius 2 is 2.00 bits per heavy atom. The summed E-state index contributed by atoms with van der Waals surface area (Å²) in [5, 5.41) is 11.2. The van der Waals surface area contributed by atoms with Crippen LogP contribution in [0.2, 0.25) is 0 Å². The third kappa shape index (κ3) is 1.98. The molecule has 2 aromatic carbocycles. The van der Waals surface area contributed by atoms with Gasteiger partial charge in [0.2, 0.25) is 0 Å². The zero-order chi connectivity index (χ0) is 13.2. The average molecular weight is 256 g/mol. The van der Waals surface area contributed by atoms with E-state index in [-0.39, 0.29) is 5.82 Å². The monoisotopic (exact) mass is 256 g/mol. The van der Waals surface area contributed by atoms with Crippen molar-refractivity contribution in [3.63, 3.8) is 0 Å². The van der Waals surface area contributed by atoms with Crippen LogP contribution in [-0.4, -0.2) is 22.0 Å². The minimum absolute atomic E-state index is 0.244. The molecule has 3 rings (SSSR count). The van der Waals surface area contributed by atoms with E-state index in [0.29, 0.717) is 17.8 Å². The Labute approximate surface area is 109 Å². The Hall–Kier alpha value is -2.27. The van der Waals surface area contributed by atoms with Gasteiger partial charge in [-0.05, 0) is 31.3 Å². The van der Waals surface area contributed by atoms with Crippen molar-refractivity contribution in [2.24, 2.45) is 0 Å². The molecule has 0 amide bonds. The number of rotatable bonds is 3. The number of hydrogen-bond donors (Lipinski definition) is 1. The molecule has 1 heterocycles. The Morgan fingerprint density at radius 3 is 2.84 bits per heavy atom. The molecule has 0 radical (unpaired) electrons. The molecule has 4 nitrogen and oxygen atoms in total. The van der Waals surface area contributed by atoms with Gasteiger partial charge in [-0.3, -0.25) is 0 Å². The summed E-state index contributed by atoms with van der Waals surface area (Å²) in [6, 6.07) is 12.6. The van der Waals surface area contributed by atoms with E-state index in [1.807, 2.05) is 30.3 Å². The van der Waals surface area contributed by atoms with Crippen molar-refractivity contribution in [1.82, 2.24) is 20.3 Å².